The number of thioether (sulfide) groups is 1. The van der Waals surface area contributed by atoms with Crippen LogP contribution in [0.3, 0.4) is 0 Å². The summed E-state index contributed by atoms with van der Waals surface area (Å²) in [6.45, 7) is 5.63. The van der Waals surface area contributed by atoms with E-state index in [2.05, 4.69) is 21.8 Å². The van der Waals surface area contributed by atoms with Gasteiger partial charge in [0, 0.05) is 12.4 Å². The topological polar surface area (TPSA) is 106 Å². The molecule has 0 radical (unpaired) electrons. The summed E-state index contributed by atoms with van der Waals surface area (Å²) in [6, 6.07) is 12.3. The highest BCUT2D eigenvalue weighted by molar-refractivity contribution is 7.99. The average Bonchev–Trinajstić information content (AvgIpc) is 3.36. The number of imidazole rings is 1. The fraction of sp³-hybridized carbons (Fsp3) is 0.250. The fourth-order valence-electron chi connectivity index (χ4n) is 3.81. The number of hydrogen-bond acceptors (Lipinski definition) is 6. The second-order valence-corrected chi connectivity index (χ2v) is 9.06. The van der Waals surface area contributed by atoms with E-state index >= 15 is 0 Å². The number of methoxy groups -OCH3 is 1. The number of nitrogens with one attached hydrogen (secondary N) is 2. The highest BCUT2D eigenvalue weighted by Gasteiger charge is 2.50. The number of imide groups is 1. The molecule has 1 saturated heterocycles. The lowest BCUT2D eigenvalue weighted by atomic mass is 9.92. The van der Waals surface area contributed by atoms with Crippen LogP contribution >= 0.6 is 11.8 Å². The Morgan fingerprint density at radius 3 is 2.74 bits per heavy atom. The van der Waals surface area contributed by atoms with Gasteiger partial charge in [-0.05, 0) is 50.1 Å². The average molecular weight is 480 g/mol. The molecule has 0 saturated carbocycles. The van der Waals surface area contributed by atoms with E-state index in [9.17, 15) is 14.4 Å². The van der Waals surface area contributed by atoms with E-state index in [-0.39, 0.29) is 5.75 Å². The number of hydrogen-bond donors (Lipinski definition) is 2. The molecule has 176 valence electrons. The first-order valence-corrected chi connectivity index (χ1v) is 11.6. The lowest BCUT2D eigenvalue weighted by molar-refractivity contribution is -0.138. The molecule has 1 aromatic heterocycles. The van der Waals surface area contributed by atoms with Crippen LogP contribution in [0.25, 0.3) is 5.69 Å². The van der Waals surface area contributed by atoms with Crippen molar-refractivity contribution in [2.75, 3.05) is 12.9 Å². The van der Waals surface area contributed by atoms with E-state index in [1.54, 1.807) is 37.4 Å². The first-order chi connectivity index (χ1) is 16.2. The Morgan fingerprint density at radius 1 is 1.21 bits per heavy atom. The van der Waals surface area contributed by atoms with Crippen LogP contribution in [-0.2, 0) is 15.1 Å². The number of rotatable bonds is 7. The van der Waals surface area contributed by atoms with Gasteiger partial charge in [0.25, 0.3) is 5.91 Å². The van der Waals surface area contributed by atoms with Crippen LogP contribution in [0, 0.1) is 13.8 Å². The molecule has 0 bridgehead atoms. The quantitative estimate of drug-likeness (QED) is 0.399. The number of benzene rings is 2. The van der Waals surface area contributed by atoms with Crippen molar-refractivity contribution < 1.29 is 19.1 Å². The van der Waals surface area contributed by atoms with Gasteiger partial charge in [0.05, 0.1) is 18.6 Å². The van der Waals surface area contributed by atoms with Gasteiger partial charge < -0.3 is 10.1 Å². The summed E-state index contributed by atoms with van der Waals surface area (Å²) in [4.78, 5) is 42.6. The molecule has 4 amide bonds. The van der Waals surface area contributed by atoms with Gasteiger partial charge in [-0.25, -0.2) is 9.78 Å². The first kappa shape index (κ1) is 23.4. The summed E-state index contributed by atoms with van der Waals surface area (Å²) in [5.74, 6) is -0.562. The summed E-state index contributed by atoms with van der Waals surface area (Å²) in [5.41, 5.74) is 4.84. The van der Waals surface area contributed by atoms with Crippen molar-refractivity contribution in [3.63, 3.8) is 0 Å². The summed E-state index contributed by atoms with van der Waals surface area (Å²) in [5, 5.41) is 4.00. The second kappa shape index (κ2) is 9.22. The molecule has 1 atom stereocenters. The predicted octanol–water partition coefficient (Wildman–Crippen LogP) is 3.09. The molecule has 1 aliphatic heterocycles. The highest BCUT2D eigenvalue weighted by Crippen LogP contribution is 2.30. The monoisotopic (exact) mass is 479 g/mol. The molecule has 34 heavy (non-hydrogen) atoms. The fourth-order valence-corrected chi connectivity index (χ4v) is 4.57. The lowest BCUT2D eigenvalue weighted by Crippen LogP contribution is -2.48. The molecular formula is C24H25N5O4S. The SMILES string of the molecule is COc1cccc(C2(C)NC(=O)N(NC(=O)CSc3nccn3-c3ccc(C)cc3C)C2=O)c1. The van der Waals surface area contributed by atoms with Gasteiger partial charge in [-0.2, -0.15) is 5.01 Å². The number of urea groups is 1. The number of ether oxygens (including phenoxy) is 1. The molecule has 9 nitrogen and oxygen atoms in total. The number of hydrazine groups is 1. The van der Waals surface area contributed by atoms with Crippen molar-refractivity contribution in [1.29, 1.82) is 0 Å². The first-order valence-electron chi connectivity index (χ1n) is 10.6. The summed E-state index contributed by atoms with van der Waals surface area (Å²) >= 11 is 1.21. The third-order valence-corrected chi connectivity index (χ3v) is 6.59. The number of nitrogens with zero attached hydrogens (tertiary/aromatic N) is 3. The maximum Gasteiger partial charge on any atom is 0.344 e. The van der Waals surface area contributed by atoms with E-state index in [4.69, 9.17) is 4.74 Å². The zero-order valence-electron chi connectivity index (χ0n) is 19.3. The van der Waals surface area contributed by atoms with Crippen molar-refractivity contribution in [2.24, 2.45) is 0 Å². The molecule has 2 N–H and O–H groups in total. The number of amides is 4. The Hall–Kier alpha value is -3.79. The van der Waals surface area contributed by atoms with Crippen LogP contribution in [0.4, 0.5) is 4.79 Å². The number of carbonyl (C=O) groups is 3. The molecule has 1 unspecified atom stereocenters. The summed E-state index contributed by atoms with van der Waals surface area (Å²) < 4.78 is 7.12. The molecule has 2 heterocycles. The normalized spacial score (nSPS) is 17.6. The molecule has 3 aromatic rings. The predicted molar refractivity (Wildman–Crippen MR) is 128 cm³/mol. The Kier molecular flexibility index (Phi) is 6.34. The molecule has 10 heteroatoms. The van der Waals surface area contributed by atoms with Gasteiger partial charge in [-0.3, -0.25) is 19.6 Å². The number of carbonyl (C=O) groups excluding carboxylic acids is 3. The van der Waals surface area contributed by atoms with Gasteiger partial charge in [-0.15, -0.1) is 0 Å². The van der Waals surface area contributed by atoms with E-state index in [1.165, 1.54) is 18.9 Å². The van der Waals surface area contributed by atoms with Gasteiger partial charge in [0.15, 0.2) is 5.16 Å². The lowest BCUT2D eigenvalue weighted by Gasteiger charge is -2.22. The number of aromatic nitrogens is 2. The summed E-state index contributed by atoms with van der Waals surface area (Å²) in [6.07, 6.45) is 3.49. The van der Waals surface area contributed by atoms with Gasteiger partial charge >= 0.3 is 6.03 Å². The van der Waals surface area contributed by atoms with Crippen molar-refractivity contribution in [3.05, 3.63) is 71.5 Å². The third kappa shape index (κ3) is 4.36. The van der Waals surface area contributed by atoms with Crippen molar-refractivity contribution in [2.45, 2.75) is 31.5 Å². The Morgan fingerprint density at radius 2 is 2.00 bits per heavy atom. The van der Waals surface area contributed by atoms with Gasteiger partial charge in [-0.1, -0.05) is 41.6 Å². The minimum atomic E-state index is -1.33. The zero-order chi connectivity index (χ0) is 24.5. The van der Waals surface area contributed by atoms with Crippen LogP contribution in [0.5, 0.6) is 5.75 Å². The van der Waals surface area contributed by atoms with Crippen LogP contribution in [0.1, 0.15) is 23.6 Å². The molecule has 1 aliphatic rings. The smallest absolute Gasteiger partial charge is 0.344 e. The minimum absolute atomic E-state index is 0.0329. The minimum Gasteiger partial charge on any atom is -0.497 e. The maximum absolute atomic E-state index is 13.1. The van der Waals surface area contributed by atoms with E-state index in [0.29, 0.717) is 16.5 Å². The second-order valence-electron chi connectivity index (χ2n) is 8.12. The van der Waals surface area contributed by atoms with E-state index in [0.717, 1.165) is 21.8 Å². The molecule has 1 fully saturated rings. The molecule has 0 spiro atoms. The van der Waals surface area contributed by atoms with Crippen LogP contribution < -0.4 is 15.5 Å². The maximum atomic E-state index is 13.1. The van der Waals surface area contributed by atoms with Crippen molar-refractivity contribution >= 4 is 29.6 Å². The van der Waals surface area contributed by atoms with E-state index in [1.807, 2.05) is 36.7 Å². The largest absolute Gasteiger partial charge is 0.497 e. The van der Waals surface area contributed by atoms with Crippen LogP contribution in [0.2, 0.25) is 0 Å². The molecule has 0 aliphatic carbocycles. The third-order valence-electron chi connectivity index (χ3n) is 5.63. The Bertz CT molecular complexity index is 1270. The zero-order valence-corrected chi connectivity index (χ0v) is 20.1. The summed E-state index contributed by atoms with van der Waals surface area (Å²) in [7, 11) is 1.52. The van der Waals surface area contributed by atoms with Gasteiger partial charge in [0.1, 0.15) is 11.3 Å². The Balaban J connectivity index is 1.44. The van der Waals surface area contributed by atoms with E-state index < -0.39 is 23.4 Å². The standard InChI is InChI=1S/C24H25N5O4S/c1-15-8-9-19(16(2)12-15)28-11-10-25-23(28)34-14-20(30)27-29-21(31)24(3,26-22(29)32)17-6-5-7-18(13-17)33-4/h5-13H,14H2,1-4H3,(H,26,32)(H,27,30). The van der Waals surface area contributed by atoms with Crippen molar-refractivity contribution in [1.82, 2.24) is 25.3 Å². The van der Waals surface area contributed by atoms with Crippen LogP contribution in [0.15, 0.2) is 60.0 Å². The molecular weight excluding hydrogens is 454 g/mol. The van der Waals surface area contributed by atoms with Crippen molar-refractivity contribution in [3.8, 4) is 11.4 Å². The molecule has 2 aromatic carbocycles. The van der Waals surface area contributed by atoms with Crippen LogP contribution in [-0.4, -0.2) is 45.3 Å². The Labute approximate surface area is 201 Å². The number of aryl methyl sites for hydroxylation is 2. The van der Waals surface area contributed by atoms with Gasteiger partial charge in [0.2, 0.25) is 5.91 Å². The molecule has 4 rings (SSSR count). The highest BCUT2D eigenvalue weighted by atomic mass is 32.2.